The molecule has 1 aromatic heterocycles. The molecule has 96 valence electrons. The Balaban J connectivity index is 2.34. The lowest BCUT2D eigenvalue weighted by Gasteiger charge is -2.11. The van der Waals surface area contributed by atoms with Gasteiger partial charge in [-0.05, 0) is 12.8 Å². The zero-order valence-corrected chi connectivity index (χ0v) is 10.1. The number of carboxylic acid groups (broad SMARTS) is 1. The van der Waals surface area contributed by atoms with Crippen LogP contribution in [0.25, 0.3) is 0 Å². The first-order valence-corrected chi connectivity index (χ1v) is 5.95. The third-order valence-electron chi connectivity index (χ3n) is 3.05. The third kappa shape index (κ3) is 2.64. The molecule has 0 saturated heterocycles. The van der Waals surface area contributed by atoms with Crippen LogP contribution in [0.3, 0.4) is 0 Å². The summed E-state index contributed by atoms with van der Waals surface area (Å²) in [5, 5.41) is 11.5. The lowest BCUT2D eigenvalue weighted by molar-refractivity contribution is -0.114. The molecule has 6 nitrogen and oxygen atoms in total. The Kier molecular flexibility index (Phi) is 3.55. The van der Waals surface area contributed by atoms with Gasteiger partial charge in [0.05, 0.1) is 0 Å². The molecular weight excluding hydrogens is 234 g/mol. The van der Waals surface area contributed by atoms with E-state index >= 15 is 0 Å². The lowest BCUT2D eigenvalue weighted by Crippen LogP contribution is -2.15. The molecule has 0 atom stereocenters. The predicted octanol–water partition coefficient (Wildman–Crippen LogP) is 1.79. The van der Waals surface area contributed by atoms with E-state index in [1.165, 1.54) is 13.1 Å². The largest absolute Gasteiger partial charge is 0.477 e. The molecule has 1 fully saturated rings. The molecule has 2 N–H and O–H groups in total. The molecule has 0 spiro atoms. The van der Waals surface area contributed by atoms with Crippen molar-refractivity contribution in [2.24, 2.45) is 0 Å². The van der Waals surface area contributed by atoms with E-state index in [1.807, 2.05) is 0 Å². The van der Waals surface area contributed by atoms with Crippen LogP contribution in [0.1, 0.15) is 54.7 Å². The summed E-state index contributed by atoms with van der Waals surface area (Å²) in [6.07, 6.45) is 5.60. The number of anilines is 1. The second-order valence-corrected chi connectivity index (χ2v) is 4.46. The van der Waals surface area contributed by atoms with Gasteiger partial charge in [0.15, 0.2) is 5.82 Å². The van der Waals surface area contributed by atoms with Crippen LogP contribution in [0.2, 0.25) is 0 Å². The summed E-state index contributed by atoms with van der Waals surface area (Å²) in [5.74, 6) is -0.487. The first-order valence-electron chi connectivity index (χ1n) is 5.95. The van der Waals surface area contributed by atoms with Crippen LogP contribution in [0.5, 0.6) is 0 Å². The maximum absolute atomic E-state index is 11.1. The highest BCUT2D eigenvalue weighted by Gasteiger charge is 2.22. The fraction of sp³-hybridized carbons (Fsp3) is 0.500. The van der Waals surface area contributed by atoms with Gasteiger partial charge in [0, 0.05) is 19.0 Å². The Bertz CT molecular complexity index is 481. The molecular formula is C12H15N3O3. The highest BCUT2D eigenvalue weighted by atomic mass is 16.4. The number of rotatable bonds is 3. The van der Waals surface area contributed by atoms with Crippen molar-refractivity contribution in [1.29, 1.82) is 0 Å². The Hall–Kier alpha value is -1.98. The molecule has 18 heavy (non-hydrogen) atoms. The van der Waals surface area contributed by atoms with Crippen molar-refractivity contribution in [3.63, 3.8) is 0 Å². The number of carboxylic acids is 1. The zero-order chi connectivity index (χ0) is 13.1. The van der Waals surface area contributed by atoms with E-state index in [4.69, 9.17) is 5.11 Å². The van der Waals surface area contributed by atoms with Crippen LogP contribution in [0, 0.1) is 0 Å². The number of hydrogen-bond acceptors (Lipinski definition) is 4. The van der Waals surface area contributed by atoms with Crippen LogP contribution < -0.4 is 5.32 Å². The minimum absolute atomic E-state index is 0.0769. The van der Waals surface area contributed by atoms with Gasteiger partial charge in [-0.2, -0.15) is 0 Å². The van der Waals surface area contributed by atoms with Crippen molar-refractivity contribution in [2.75, 3.05) is 5.32 Å². The summed E-state index contributed by atoms with van der Waals surface area (Å²) < 4.78 is 0. The fourth-order valence-electron chi connectivity index (χ4n) is 2.19. The van der Waals surface area contributed by atoms with Crippen LogP contribution in [-0.2, 0) is 4.79 Å². The maximum Gasteiger partial charge on any atom is 0.341 e. The van der Waals surface area contributed by atoms with Gasteiger partial charge in [-0.3, -0.25) is 4.79 Å². The molecule has 1 aromatic rings. The van der Waals surface area contributed by atoms with Gasteiger partial charge in [0.2, 0.25) is 5.91 Å². The number of carbonyl (C=O) groups is 2. The van der Waals surface area contributed by atoms with E-state index in [0.717, 1.165) is 25.7 Å². The SMILES string of the molecule is CC(=O)Nc1nc(C2CCCC2)ncc1C(=O)O. The van der Waals surface area contributed by atoms with Gasteiger partial charge in [-0.1, -0.05) is 12.8 Å². The predicted molar refractivity (Wildman–Crippen MR) is 64.5 cm³/mol. The number of aromatic carboxylic acids is 1. The summed E-state index contributed by atoms with van der Waals surface area (Å²) in [7, 11) is 0. The highest BCUT2D eigenvalue weighted by molar-refractivity contribution is 5.98. The van der Waals surface area contributed by atoms with E-state index in [0.29, 0.717) is 5.82 Å². The van der Waals surface area contributed by atoms with Crippen molar-refractivity contribution in [1.82, 2.24) is 9.97 Å². The summed E-state index contributed by atoms with van der Waals surface area (Å²) in [6.45, 7) is 1.32. The molecule has 1 aliphatic carbocycles. The van der Waals surface area contributed by atoms with E-state index < -0.39 is 5.97 Å². The van der Waals surface area contributed by atoms with Crippen molar-refractivity contribution in [2.45, 2.75) is 38.5 Å². The molecule has 0 unspecified atom stereocenters. The molecule has 0 radical (unpaired) electrons. The summed E-state index contributed by atoms with van der Waals surface area (Å²) in [5.41, 5.74) is -0.0769. The van der Waals surface area contributed by atoms with Gasteiger partial charge >= 0.3 is 5.97 Å². The molecule has 6 heteroatoms. The lowest BCUT2D eigenvalue weighted by atomic mass is 10.1. The highest BCUT2D eigenvalue weighted by Crippen LogP contribution is 2.32. The topological polar surface area (TPSA) is 92.2 Å². The molecule has 2 rings (SSSR count). The quantitative estimate of drug-likeness (QED) is 0.852. The minimum atomic E-state index is -1.14. The summed E-state index contributed by atoms with van der Waals surface area (Å²) >= 11 is 0. The number of nitrogens with zero attached hydrogens (tertiary/aromatic N) is 2. The smallest absolute Gasteiger partial charge is 0.341 e. The average Bonchev–Trinajstić information content (AvgIpc) is 2.81. The number of aromatic nitrogens is 2. The van der Waals surface area contributed by atoms with Crippen LogP contribution in [-0.4, -0.2) is 27.0 Å². The molecule has 1 heterocycles. The second kappa shape index (κ2) is 5.12. The fourth-order valence-corrected chi connectivity index (χ4v) is 2.19. The number of amides is 1. The first-order chi connectivity index (χ1) is 8.58. The van der Waals surface area contributed by atoms with Crippen molar-refractivity contribution in [3.05, 3.63) is 17.6 Å². The molecule has 0 aliphatic heterocycles. The monoisotopic (exact) mass is 249 g/mol. The molecule has 0 aromatic carbocycles. The van der Waals surface area contributed by atoms with E-state index in [1.54, 1.807) is 0 Å². The molecule has 1 saturated carbocycles. The van der Waals surface area contributed by atoms with E-state index in [2.05, 4.69) is 15.3 Å². The zero-order valence-electron chi connectivity index (χ0n) is 10.1. The van der Waals surface area contributed by atoms with Crippen LogP contribution in [0.4, 0.5) is 5.82 Å². The van der Waals surface area contributed by atoms with Crippen molar-refractivity contribution >= 4 is 17.7 Å². The van der Waals surface area contributed by atoms with E-state index in [9.17, 15) is 9.59 Å². The Labute approximate surface area is 104 Å². The van der Waals surface area contributed by atoms with Gasteiger partial charge in [-0.25, -0.2) is 14.8 Å². The number of hydrogen-bond donors (Lipinski definition) is 2. The van der Waals surface area contributed by atoms with Crippen molar-refractivity contribution < 1.29 is 14.7 Å². The minimum Gasteiger partial charge on any atom is -0.477 e. The van der Waals surface area contributed by atoms with Crippen LogP contribution in [0.15, 0.2) is 6.20 Å². The van der Waals surface area contributed by atoms with Gasteiger partial charge in [0.1, 0.15) is 11.4 Å². The average molecular weight is 249 g/mol. The molecule has 0 bridgehead atoms. The van der Waals surface area contributed by atoms with Gasteiger partial charge in [-0.15, -0.1) is 0 Å². The van der Waals surface area contributed by atoms with Gasteiger partial charge < -0.3 is 10.4 Å². The first kappa shape index (κ1) is 12.5. The van der Waals surface area contributed by atoms with E-state index in [-0.39, 0.29) is 23.2 Å². The third-order valence-corrected chi connectivity index (χ3v) is 3.05. The summed E-state index contributed by atoms with van der Waals surface area (Å²) in [4.78, 5) is 30.4. The van der Waals surface area contributed by atoms with Crippen LogP contribution >= 0.6 is 0 Å². The number of carbonyl (C=O) groups excluding carboxylic acids is 1. The standard InChI is InChI=1S/C12H15N3O3/c1-7(16)14-11-9(12(17)18)6-13-10(15-11)8-4-2-3-5-8/h6,8H,2-5H2,1H3,(H,17,18)(H,13,14,15,16). The Morgan fingerprint density at radius 1 is 1.39 bits per heavy atom. The second-order valence-electron chi connectivity index (χ2n) is 4.46. The maximum atomic E-state index is 11.1. The Morgan fingerprint density at radius 2 is 2.06 bits per heavy atom. The number of nitrogens with one attached hydrogen (secondary N) is 1. The van der Waals surface area contributed by atoms with Crippen molar-refractivity contribution in [3.8, 4) is 0 Å². The normalized spacial score (nSPS) is 15.6. The Morgan fingerprint density at radius 3 is 2.61 bits per heavy atom. The summed E-state index contributed by atoms with van der Waals surface area (Å²) in [6, 6.07) is 0. The van der Waals surface area contributed by atoms with Gasteiger partial charge in [0.25, 0.3) is 0 Å². The molecule has 1 amide bonds. The molecule has 1 aliphatic rings.